The second-order valence-corrected chi connectivity index (χ2v) is 5.64. The third-order valence-corrected chi connectivity index (χ3v) is 3.91. The quantitative estimate of drug-likeness (QED) is 0.918. The van der Waals surface area contributed by atoms with Crippen LogP contribution < -0.4 is 15.0 Å². The number of carbonyl (C=O) groups is 1. The van der Waals surface area contributed by atoms with Crippen molar-refractivity contribution in [2.75, 3.05) is 24.6 Å². The minimum absolute atomic E-state index is 0. The predicted molar refractivity (Wildman–Crippen MR) is 99.3 cm³/mol. The highest BCUT2D eigenvalue weighted by atomic mass is 35.5. The van der Waals surface area contributed by atoms with Crippen LogP contribution in [0.4, 0.5) is 5.69 Å². The summed E-state index contributed by atoms with van der Waals surface area (Å²) in [7, 11) is 0. The van der Waals surface area contributed by atoms with Crippen molar-refractivity contribution in [2.24, 2.45) is 0 Å². The van der Waals surface area contributed by atoms with Gasteiger partial charge >= 0.3 is 0 Å². The van der Waals surface area contributed by atoms with E-state index in [0.717, 1.165) is 36.5 Å². The lowest BCUT2D eigenvalue weighted by atomic mass is 10.1. The summed E-state index contributed by atoms with van der Waals surface area (Å²) in [5.41, 5.74) is 2.80. The molecule has 3 rings (SSSR count). The zero-order valence-corrected chi connectivity index (χ0v) is 14.6. The van der Waals surface area contributed by atoms with Crippen LogP contribution in [0.2, 0.25) is 0 Å². The smallest absolute Gasteiger partial charge is 0.258 e. The first-order valence-corrected chi connectivity index (χ1v) is 8.13. The Hall–Kier alpha value is -2.04. The van der Waals surface area contributed by atoms with Crippen LogP contribution in [0.25, 0.3) is 0 Å². The van der Waals surface area contributed by atoms with Crippen molar-refractivity contribution in [2.45, 2.75) is 19.9 Å². The van der Waals surface area contributed by atoms with Gasteiger partial charge in [0, 0.05) is 30.9 Å². The van der Waals surface area contributed by atoms with Gasteiger partial charge in [-0.1, -0.05) is 31.2 Å². The number of fused-ring (bicyclic) bond motifs is 1. The summed E-state index contributed by atoms with van der Waals surface area (Å²) >= 11 is 0. The van der Waals surface area contributed by atoms with E-state index in [4.69, 9.17) is 4.74 Å². The number of halogens is 1. The van der Waals surface area contributed by atoms with E-state index in [0.29, 0.717) is 18.7 Å². The Morgan fingerprint density at radius 1 is 1.21 bits per heavy atom. The van der Waals surface area contributed by atoms with E-state index in [2.05, 4.69) is 18.3 Å². The molecule has 1 N–H and O–H groups in total. The average molecular weight is 347 g/mol. The van der Waals surface area contributed by atoms with Crippen LogP contribution >= 0.6 is 12.4 Å². The minimum Gasteiger partial charge on any atom is -0.494 e. The monoisotopic (exact) mass is 346 g/mol. The second kappa shape index (κ2) is 8.71. The fourth-order valence-electron chi connectivity index (χ4n) is 2.76. The van der Waals surface area contributed by atoms with Gasteiger partial charge in [0.2, 0.25) is 0 Å². The number of anilines is 1. The summed E-state index contributed by atoms with van der Waals surface area (Å²) < 4.78 is 5.64. The summed E-state index contributed by atoms with van der Waals surface area (Å²) in [6, 6.07) is 15.5. The van der Waals surface area contributed by atoms with Crippen LogP contribution in [0.15, 0.2) is 48.5 Å². The second-order valence-electron chi connectivity index (χ2n) is 5.64. The Kier molecular flexibility index (Phi) is 6.64. The molecule has 0 fully saturated rings. The number of para-hydroxylation sites is 1. The molecule has 0 radical (unpaired) electrons. The first kappa shape index (κ1) is 18.3. The minimum atomic E-state index is 0. The number of nitrogens with zero attached hydrogens (tertiary/aromatic N) is 1. The molecule has 1 aliphatic rings. The first-order chi connectivity index (χ1) is 11.3. The van der Waals surface area contributed by atoms with Crippen LogP contribution in [0.3, 0.4) is 0 Å². The number of amides is 1. The van der Waals surface area contributed by atoms with Gasteiger partial charge in [0.25, 0.3) is 5.91 Å². The molecule has 0 spiro atoms. The molecule has 0 saturated heterocycles. The summed E-state index contributed by atoms with van der Waals surface area (Å²) in [6.07, 6.45) is 0.948. The van der Waals surface area contributed by atoms with Gasteiger partial charge in [-0.05, 0) is 36.2 Å². The largest absolute Gasteiger partial charge is 0.494 e. The molecule has 0 saturated carbocycles. The first-order valence-electron chi connectivity index (χ1n) is 8.13. The zero-order chi connectivity index (χ0) is 16.1. The highest BCUT2D eigenvalue weighted by Crippen LogP contribution is 2.25. The average Bonchev–Trinajstić information content (AvgIpc) is 2.82. The summed E-state index contributed by atoms with van der Waals surface area (Å²) in [4.78, 5) is 14.8. The van der Waals surface area contributed by atoms with E-state index in [1.165, 1.54) is 0 Å². The van der Waals surface area contributed by atoms with Gasteiger partial charge in [0.05, 0.1) is 6.61 Å². The number of benzene rings is 2. The number of hydrogen-bond donors (Lipinski definition) is 1. The van der Waals surface area contributed by atoms with Crippen LogP contribution in [-0.2, 0) is 6.54 Å². The fourth-order valence-corrected chi connectivity index (χ4v) is 2.76. The van der Waals surface area contributed by atoms with Gasteiger partial charge in [-0.2, -0.15) is 0 Å². The van der Waals surface area contributed by atoms with E-state index in [9.17, 15) is 4.79 Å². The Bertz CT molecular complexity index is 691. The molecule has 1 aliphatic heterocycles. The molecule has 24 heavy (non-hydrogen) atoms. The summed E-state index contributed by atoms with van der Waals surface area (Å²) in [6.45, 7) is 4.96. The molecule has 128 valence electrons. The highest BCUT2D eigenvalue weighted by molar-refractivity contribution is 6.06. The molecule has 0 bridgehead atoms. The maximum absolute atomic E-state index is 13.0. The Morgan fingerprint density at radius 2 is 2.04 bits per heavy atom. The van der Waals surface area contributed by atoms with Crippen molar-refractivity contribution in [1.29, 1.82) is 0 Å². The van der Waals surface area contributed by atoms with E-state index in [1.807, 2.05) is 47.4 Å². The molecule has 2 aromatic rings. The molecular weight excluding hydrogens is 324 g/mol. The van der Waals surface area contributed by atoms with Gasteiger partial charge in [0.15, 0.2) is 0 Å². The van der Waals surface area contributed by atoms with E-state index in [1.54, 1.807) is 0 Å². The number of carbonyl (C=O) groups excluding carboxylic acids is 1. The summed E-state index contributed by atoms with van der Waals surface area (Å²) in [5, 5.41) is 3.36. The van der Waals surface area contributed by atoms with Crippen molar-refractivity contribution >= 4 is 24.0 Å². The molecule has 0 aliphatic carbocycles. The third-order valence-electron chi connectivity index (χ3n) is 3.91. The Labute approximate surface area is 149 Å². The van der Waals surface area contributed by atoms with Crippen molar-refractivity contribution in [3.8, 4) is 5.75 Å². The van der Waals surface area contributed by atoms with E-state index < -0.39 is 0 Å². The molecule has 1 amide bonds. The number of hydrogen-bond acceptors (Lipinski definition) is 3. The van der Waals surface area contributed by atoms with Gasteiger partial charge < -0.3 is 15.0 Å². The van der Waals surface area contributed by atoms with Crippen LogP contribution in [-0.4, -0.2) is 25.6 Å². The van der Waals surface area contributed by atoms with Gasteiger partial charge in [-0.25, -0.2) is 0 Å². The van der Waals surface area contributed by atoms with Gasteiger partial charge in [-0.15, -0.1) is 12.4 Å². The molecule has 1 heterocycles. The predicted octanol–water partition coefficient (Wildman–Crippen LogP) is 3.65. The standard InChI is InChI=1S/C19H22N2O2.ClH/c1-2-12-23-17-8-5-7-15(13-17)19(22)21-11-10-20-14-16-6-3-4-9-18(16)21;/h3-9,13,20H,2,10-12,14H2,1H3;1H. The topological polar surface area (TPSA) is 41.6 Å². The molecule has 2 aromatic carbocycles. The van der Waals surface area contributed by atoms with Crippen molar-refractivity contribution in [1.82, 2.24) is 5.32 Å². The molecular formula is C19H23ClN2O2. The number of rotatable bonds is 4. The van der Waals surface area contributed by atoms with E-state index >= 15 is 0 Å². The summed E-state index contributed by atoms with van der Waals surface area (Å²) in [5.74, 6) is 0.766. The third kappa shape index (κ3) is 4.08. The van der Waals surface area contributed by atoms with Crippen molar-refractivity contribution in [3.63, 3.8) is 0 Å². The molecule has 4 nitrogen and oxygen atoms in total. The maximum Gasteiger partial charge on any atom is 0.258 e. The fraction of sp³-hybridized carbons (Fsp3) is 0.316. The Balaban J connectivity index is 0.00000208. The number of nitrogens with one attached hydrogen (secondary N) is 1. The normalized spacial score (nSPS) is 13.5. The maximum atomic E-state index is 13.0. The lowest BCUT2D eigenvalue weighted by molar-refractivity contribution is 0.0987. The number of ether oxygens (including phenoxy) is 1. The van der Waals surface area contributed by atoms with Gasteiger partial charge in [-0.3, -0.25) is 4.79 Å². The Morgan fingerprint density at radius 3 is 2.88 bits per heavy atom. The van der Waals surface area contributed by atoms with Gasteiger partial charge in [0.1, 0.15) is 5.75 Å². The molecule has 0 atom stereocenters. The van der Waals surface area contributed by atoms with Crippen molar-refractivity contribution < 1.29 is 9.53 Å². The van der Waals surface area contributed by atoms with Crippen molar-refractivity contribution in [3.05, 3.63) is 59.7 Å². The SMILES string of the molecule is CCCOc1cccc(C(=O)N2CCNCc3ccccc32)c1.Cl. The highest BCUT2D eigenvalue weighted by Gasteiger charge is 2.22. The molecule has 0 unspecified atom stereocenters. The van der Waals surface area contributed by atoms with E-state index in [-0.39, 0.29) is 18.3 Å². The van der Waals surface area contributed by atoms with Crippen LogP contribution in [0, 0.1) is 0 Å². The lowest BCUT2D eigenvalue weighted by Crippen LogP contribution is -2.34. The molecule has 0 aromatic heterocycles. The van der Waals surface area contributed by atoms with Crippen LogP contribution in [0.5, 0.6) is 5.75 Å². The molecule has 5 heteroatoms. The van der Waals surface area contributed by atoms with Crippen LogP contribution in [0.1, 0.15) is 29.3 Å². The zero-order valence-electron chi connectivity index (χ0n) is 13.8. The lowest BCUT2D eigenvalue weighted by Gasteiger charge is -2.22.